The fourth-order valence-corrected chi connectivity index (χ4v) is 3.64. The summed E-state index contributed by atoms with van der Waals surface area (Å²) in [6.07, 6.45) is 0. The van der Waals surface area contributed by atoms with E-state index in [0.717, 1.165) is 22.4 Å². The van der Waals surface area contributed by atoms with E-state index in [2.05, 4.69) is 57.2 Å². The summed E-state index contributed by atoms with van der Waals surface area (Å²) in [6, 6.07) is 24.7. The molecule has 0 aromatic heterocycles. The van der Waals surface area contributed by atoms with Gasteiger partial charge in [0.2, 0.25) is 0 Å². The first-order valence-corrected chi connectivity index (χ1v) is 9.53. The Bertz CT molecular complexity index is 833. The molecule has 0 heterocycles. The maximum Gasteiger partial charge on any atom is 0.127 e. The van der Waals surface area contributed by atoms with Gasteiger partial charge >= 0.3 is 0 Å². The summed E-state index contributed by atoms with van der Waals surface area (Å²) in [6.45, 7) is 6.63. The predicted octanol–water partition coefficient (Wildman–Crippen LogP) is 6.65. The quantitative estimate of drug-likeness (QED) is 0.533. The van der Waals surface area contributed by atoms with E-state index in [1.54, 1.807) is 11.8 Å². The number of hydrogen-bond donors (Lipinski definition) is 1. The maximum atomic E-state index is 10.9. The third kappa shape index (κ3) is 4.26. The van der Waals surface area contributed by atoms with Crippen molar-refractivity contribution in [1.82, 2.24) is 0 Å². The van der Waals surface area contributed by atoms with Crippen molar-refractivity contribution in [3.05, 3.63) is 83.9 Å². The molecular weight excluding hydrogens is 324 g/mol. The highest BCUT2D eigenvalue weighted by Crippen LogP contribution is 2.39. The first-order valence-electron chi connectivity index (χ1n) is 8.55. The van der Waals surface area contributed by atoms with Crippen LogP contribution in [0.3, 0.4) is 0 Å². The van der Waals surface area contributed by atoms with E-state index in [1.807, 2.05) is 36.4 Å². The zero-order chi connectivity index (χ0) is 17.9. The van der Waals surface area contributed by atoms with E-state index < -0.39 is 0 Å². The molecule has 1 N–H and O–H groups in total. The lowest BCUT2D eigenvalue weighted by Gasteiger charge is -2.22. The molecule has 128 valence electrons. The SMILES string of the molecule is CC(C)(C)c1cc(CSc2ccccc2)c(O)c(-c2ccccc2)c1. The number of thioether (sulfide) groups is 1. The Morgan fingerprint density at radius 3 is 2.04 bits per heavy atom. The van der Waals surface area contributed by atoms with E-state index in [4.69, 9.17) is 0 Å². The molecule has 25 heavy (non-hydrogen) atoms. The van der Waals surface area contributed by atoms with Gasteiger partial charge in [0, 0.05) is 21.8 Å². The van der Waals surface area contributed by atoms with Crippen LogP contribution < -0.4 is 0 Å². The van der Waals surface area contributed by atoms with E-state index >= 15 is 0 Å². The van der Waals surface area contributed by atoms with Gasteiger partial charge in [-0.15, -0.1) is 11.8 Å². The minimum atomic E-state index is 0.0311. The van der Waals surface area contributed by atoms with Crippen molar-refractivity contribution in [3.8, 4) is 16.9 Å². The Hall–Kier alpha value is -2.19. The third-order valence-electron chi connectivity index (χ3n) is 4.28. The molecule has 0 aliphatic heterocycles. The zero-order valence-corrected chi connectivity index (χ0v) is 15.8. The van der Waals surface area contributed by atoms with Crippen molar-refractivity contribution in [1.29, 1.82) is 0 Å². The fourth-order valence-electron chi connectivity index (χ4n) is 2.75. The summed E-state index contributed by atoms with van der Waals surface area (Å²) in [5.74, 6) is 1.14. The molecule has 1 nitrogen and oxygen atoms in total. The number of phenols is 1. The van der Waals surface area contributed by atoms with Crippen LogP contribution in [0.4, 0.5) is 0 Å². The van der Waals surface area contributed by atoms with Crippen LogP contribution in [0.15, 0.2) is 77.7 Å². The molecule has 0 atom stereocenters. The summed E-state index contributed by atoms with van der Waals surface area (Å²) >= 11 is 1.75. The molecule has 0 unspecified atom stereocenters. The molecule has 0 fully saturated rings. The van der Waals surface area contributed by atoms with Gasteiger partial charge in [-0.2, -0.15) is 0 Å². The Morgan fingerprint density at radius 1 is 0.840 bits per heavy atom. The number of rotatable bonds is 4. The van der Waals surface area contributed by atoms with Crippen molar-refractivity contribution >= 4 is 11.8 Å². The Labute approximate surface area is 154 Å². The van der Waals surface area contributed by atoms with Gasteiger partial charge in [-0.1, -0.05) is 75.4 Å². The lowest BCUT2D eigenvalue weighted by Crippen LogP contribution is -2.11. The topological polar surface area (TPSA) is 20.2 Å². The van der Waals surface area contributed by atoms with Crippen LogP contribution in [0, 0.1) is 0 Å². The average molecular weight is 349 g/mol. The standard InChI is InChI=1S/C23H24OS/c1-23(2,3)19-14-18(16-25-20-12-8-5-9-13-20)22(24)21(15-19)17-10-6-4-7-11-17/h4-15,24H,16H2,1-3H3. The van der Waals surface area contributed by atoms with Crippen LogP contribution in [0.5, 0.6) is 5.75 Å². The Kier molecular flexibility index (Phi) is 5.19. The highest BCUT2D eigenvalue weighted by molar-refractivity contribution is 7.98. The number of aromatic hydroxyl groups is 1. The highest BCUT2D eigenvalue weighted by atomic mass is 32.2. The lowest BCUT2D eigenvalue weighted by molar-refractivity contribution is 0.471. The normalized spacial score (nSPS) is 11.5. The summed E-state index contributed by atoms with van der Waals surface area (Å²) in [5.41, 5.74) is 4.23. The van der Waals surface area contributed by atoms with Crippen LogP contribution in [0.2, 0.25) is 0 Å². The van der Waals surface area contributed by atoms with Gasteiger partial charge in [-0.05, 0) is 34.7 Å². The second-order valence-electron chi connectivity index (χ2n) is 7.25. The molecule has 0 aliphatic rings. The second kappa shape index (κ2) is 7.37. The van der Waals surface area contributed by atoms with Gasteiger partial charge in [0.25, 0.3) is 0 Å². The van der Waals surface area contributed by atoms with Crippen molar-refractivity contribution in [2.24, 2.45) is 0 Å². The molecule has 3 aromatic rings. The number of benzene rings is 3. The molecule has 2 heteroatoms. The average Bonchev–Trinajstić information content (AvgIpc) is 2.61. The van der Waals surface area contributed by atoms with E-state index in [0.29, 0.717) is 5.75 Å². The first kappa shape index (κ1) is 17.6. The minimum Gasteiger partial charge on any atom is -0.507 e. The summed E-state index contributed by atoms with van der Waals surface area (Å²) in [4.78, 5) is 1.21. The molecule has 0 aliphatic carbocycles. The molecule has 3 rings (SSSR count). The van der Waals surface area contributed by atoms with Crippen LogP contribution >= 0.6 is 11.8 Å². The third-order valence-corrected chi connectivity index (χ3v) is 5.34. The van der Waals surface area contributed by atoms with Gasteiger partial charge in [0.1, 0.15) is 5.75 Å². The van der Waals surface area contributed by atoms with Gasteiger partial charge in [0.15, 0.2) is 0 Å². The van der Waals surface area contributed by atoms with Gasteiger partial charge in [0.05, 0.1) is 0 Å². The molecular formula is C23H24OS. The van der Waals surface area contributed by atoms with E-state index in [9.17, 15) is 5.11 Å². The number of phenolic OH excluding ortho intramolecular Hbond substituents is 1. The van der Waals surface area contributed by atoms with Crippen LogP contribution in [-0.4, -0.2) is 5.11 Å². The Morgan fingerprint density at radius 2 is 1.44 bits per heavy atom. The van der Waals surface area contributed by atoms with Crippen LogP contribution in [-0.2, 0) is 11.2 Å². The number of hydrogen-bond acceptors (Lipinski definition) is 2. The van der Waals surface area contributed by atoms with Crippen LogP contribution in [0.25, 0.3) is 11.1 Å². The lowest BCUT2D eigenvalue weighted by atomic mass is 9.84. The van der Waals surface area contributed by atoms with E-state index in [-0.39, 0.29) is 5.41 Å². The van der Waals surface area contributed by atoms with Gasteiger partial charge in [-0.3, -0.25) is 0 Å². The van der Waals surface area contributed by atoms with Crippen molar-refractivity contribution in [3.63, 3.8) is 0 Å². The van der Waals surface area contributed by atoms with Crippen molar-refractivity contribution in [2.75, 3.05) is 0 Å². The van der Waals surface area contributed by atoms with Gasteiger partial charge in [-0.25, -0.2) is 0 Å². The molecule has 0 saturated heterocycles. The zero-order valence-electron chi connectivity index (χ0n) is 15.0. The largest absolute Gasteiger partial charge is 0.507 e. The minimum absolute atomic E-state index is 0.0311. The first-order chi connectivity index (χ1) is 11.9. The molecule has 0 amide bonds. The maximum absolute atomic E-state index is 10.9. The second-order valence-corrected chi connectivity index (χ2v) is 8.30. The smallest absolute Gasteiger partial charge is 0.127 e. The predicted molar refractivity (Wildman–Crippen MR) is 108 cm³/mol. The molecule has 0 spiro atoms. The summed E-state index contributed by atoms with van der Waals surface area (Å²) in [5, 5.41) is 10.9. The monoisotopic (exact) mass is 348 g/mol. The highest BCUT2D eigenvalue weighted by Gasteiger charge is 2.19. The fraction of sp³-hybridized carbons (Fsp3) is 0.217. The molecule has 3 aromatic carbocycles. The van der Waals surface area contributed by atoms with Gasteiger partial charge < -0.3 is 5.11 Å². The molecule has 0 saturated carbocycles. The molecule has 0 bridgehead atoms. The van der Waals surface area contributed by atoms with Crippen molar-refractivity contribution in [2.45, 2.75) is 36.8 Å². The molecule has 0 radical (unpaired) electrons. The summed E-state index contributed by atoms with van der Waals surface area (Å²) < 4.78 is 0. The van der Waals surface area contributed by atoms with Crippen molar-refractivity contribution < 1.29 is 5.11 Å². The summed E-state index contributed by atoms with van der Waals surface area (Å²) in [7, 11) is 0. The van der Waals surface area contributed by atoms with E-state index in [1.165, 1.54) is 10.5 Å². The van der Waals surface area contributed by atoms with Crippen LogP contribution in [0.1, 0.15) is 31.9 Å². The Balaban J connectivity index is 2.01.